The van der Waals surface area contributed by atoms with Gasteiger partial charge < -0.3 is 19.9 Å². The number of ether oxygens (including phenoxy) is 1. The summed E-state index contributed by atoms with van der Waals surface area (Å²) in [5.74, 6) is -0.527. The number of amides is 2. The smallest absolute Gasteiger partial charge is 0.337 e. The summed E-state index contributed by atoms with van der Waals surface area (Å²) in [4.78, 5) is 48.2. The molecule has 3 rings (SSSR count). The molecule has 2 amide bonds. The molecule has 2 heterocycles. The highest BCUT2D eigenvalue weighted by Gasteiger charge is 2.24. The van der Waals surface area contributed by atoms with E-state index in [2.05, 4.69) is 20.0 Å². The highest BCUT2D eigenvalue weighted by Crippen LogP contribution is 2.13. The van der Waals surface area contributed by atoms with E-state index in [1.807, 2.05) is 4.90 Å². The predicted molar refractivity (Wildman–Crippen MR) is 102 cm³/mol. The van der Waals surface area contributed by atoms with Gasteiger partial charge in [-0.05, 0) is 24.3 Å². The third-order valence-corrected chi connectivity index (χ3v) is 4.35. The van der Waals surface area contributed by atoms with Gasteiger partial charge >= 0.3 is 5.97 Å². The van der Waals surface area contributed by atoms with E-state index in [1.54, 1.807) is 41.6 Å². The Kier molecular flexibility index (Phi) is 6.15. The summed E-state index contributed by atoms with van der Waals surface area (Å²) in [7, 11) is 1.29. The zero-order valence-electron chi connectivity index (χ0n) is 15.5. The summed E-state index contributed by atoms with van der Waals surface area (Å²) < 4.78 is 4.66. The lowest BCUT2D eigenvalue weighted by Crippen LogP contribution is -2.49. The largest absolute Gasteiger partial charge is 0.465 e. The first-order valence-electron chi connectivity index (χ1n) is 8.85. The Morgan fingerprint density at radius 3 is 2.46 bits per heavy atom. The molecule has 146 valence electrons. The molecule has 0 aliphatic carbocycles. The van der Waals surface area contributed by atoms with Crippen molar-refractivity contribution >= 4 is 29.4 Å². The van der Waals surface area contributed by atoms with Crippen LogP contribution in [0.15, 0.2) is 42.7 Å². The summed E-state index contributed by atoms with van der Waals surface area (Å²) >= 11 is 0. The van der Waals surface area contributed by atoms with Crippen molar-refractivity contribution in [3.63, 3.8) is 0 Å². The van der Waals surface area contributed by atoms with E-state index < -0.39 is 11.9 Å². The molecular weight excluding hydrogens is 362 g/mol. The van der Waals surface area contributed by atoms with E-state index in [1.165, 1.54) is 13.2 Å². The first kappa shape index (κ1) is 19.3. The quantitative estimate of drug-likeness (QED) is 0.605. The number of esters is 1. The van der Waals surface area contributed by atoms with Gasteiger partial charge in [0.1, 0.15) is 6.42 Å². The second-order valence-corrected chi connectivity index (χ2v) is 6.21. The minimum Gasteiger partial charge on any atom is -0.465 e. The number of nitrogens with one attached hydrogen (secondary N) is 1. The van der Waals surface area contributed by atoms with Crippen molar-refractivity contribution in [2.45, 2.75) is 6.42 Å². The lowest BCUT2D eigenvalue weighted by molar-refractivity contribution is -0.134. The van der Waals surface area contributed by atoms with Crippen LogP contribution in [0.25, 0.3) is 0 Å². The fourth-order valence-corrected chi connectivity index (χ4v) is 2.91. The van der Waals surface area contributed by atoms with Crippen molar-refractivity contribution in [3.8, 4) is 0 Å². The third-order valence-electron chi connectivity index (χ3n) is 4.35. The maximum atomic E-state index is 12.4. The number of piperazine rings is 1. The Hall–Kier alpha value is -3.49. The zero-order chi connectivity index (χ0) is 19.9. The summed E-state index contributed by atoms with van der Waals surface area (Å²) in [5, 5.41) is 2.64. The molecule has 1 aromatic heterocycles. The number of nitrogens with zero attached hydrogens (tertiary/aromatic N) is 4. The van der Waals surface area contributed by atoms with Gasteiger partial charge in [0.2, 0.25) is 17.8 Å². The zero-order valence-corrected chi connectivity index (χ0v) is 15.5. The summed E-state index contributed by atoms with van der Waals surface area (Å²) in [6.07, 6.45) is 3.10. The first-order valence-corrected chi connectivity index (χ1v) is 8.85. The van der Waals surface area contributed by atoms with Crippen LogP contribution in [0.5, 0.6) is 0 Å². The van der Waals surface area contributed by atoms with Gasteiger partial charge in [0, 0.05) is 44.3 Å². The average molecular weight is 383 g/mol. The molecule has 0 saturated carbocycles. The molecule has 0 bridgehead atoms. The van der Waals surface area contributed by atoms with Crippen molar-refractivity contribution in [2.24, 2.45) is 0 Å². The molecule has 0 unspecified atom stereocenters. The summed E-state index contributed by atoms with van der Waals surface area (Å²) in [6.45, 7) is 2.22. The first-order chi connectivity index (χ1) is 13.6. The summed E-state index contributed by atoms with van der Waals surface area (Å²) in [6, 6.07) is 8.13. The van der Waals surface area contributed by atoms with Gasteiger partial charge in [0.15, 0.2) is 0 Å². The molecular formula is C19H21N5O4. The molecule has 28 heavy (non-hydrogen) atoms. The third kappa shape index (κ3) is 4.81. The molecule has 1 fully saturated rings. The van der Waals surface area contributed by atoms with Gasteiger partial charge in [0.25, 0.3) is 0 Å². The molecule has 1 aliphatic heterocycles. The number of carbonyl (C=O) groups is 3. The number of carbonyl (C=O) groups excluding carboxylic acids is 3. The van der Waals surface area contributed by atoms with E-state index in [9.17, 15) is 14.4 Å². The van der Waals surface area contributed by atoms with Crippen LogP contribution in [0.3, 0.4) is 0 Å². The van der Waals surface area contributed by atoms with Gasteiger partial charge in [0.05, 0.1) is 12.7 Å². The fourth-order valence-electron chi connectivity index (χ4n) is 2.91. The van der Waals surface area contributed by atoms with Crippen LogP contribution >= 0.6 is 0 Å². The van der Waals surface area contributed by atoms with E-state index >= 15 is 0 Å². The maximum Gasteiger partial charge on any atom is 0.337 e. The number of rotatable bonds is 5. The van der Waals surface area contributed by atoms with Crippen LogP contribution in [0.4, 0.5) is 11.6 Å². The minimum absolute atomic E-state index is 0.241. The molecule has 0 spiro atoms. The van der Waals surface area contributed by atoms with Crippen LogP contribution in [-0.4, -0.2) is 65.9 Å². The molecule has 0 atom stereocenters. The van der Waals surface area contributed by atoms with E-state index in [0.29, 0.717) is 43.4 Å². The van der Waals surface area contributed by atoms with Gasteiger partial charge in [-0.1, -0.05) is 6.07 Å². The van der Waals surface area contributed by atoms with E-state index in [-0.39, 0.29) is 12.3 Å². The normalized spacial score (nSPS) is 13.8. The van der Waals surface area contributed by atoms with Crippen molar-refractivity contribution < 1.29 is 19.1 Å². The summed E-state index contributed by atoms with van der Waals surface area (Å²) in [5.41, 5.74) is 0.762. The number of methoxy groups -OCH3 is 1. The predicted octanol–water partition coefficient (Wildman–Crippen LogP) is 0.941. The van der Waals surface area contributed by atoms with E-state index in [0.717, 1.165) is 0 Å². The van der Waals surface area contributed by atoms with Gasteiger partial charge in [-0.2, -0.15) is 0 Å². The van der Waals surface area contributed by atoms with Gasteiger partial charge in [-0.25, -0.2) is 14.8 Å². The minimum atomic E-state index is -0.493. The Morgan fingerprint density at radius 2 is 1.79 bits per heavy atom. The van der Waals surface area contributed by atoms with Crippen LogP contribution < -0.4 is 10.2 Å². The Balaban J connectivity index is 1.50. The molecule has 1 aromatic carbocycles. The monoisotopic (exact) mass is 383 g/mol. The van der Waals surface area contributed by atoms with Crippen LogP contribution in [0.2, 0.25) is 0 Å². The fraction of sp³-hybridized carbons (Fsp3) is 0.316. The molecule has 0 radical (unpaired) electrons. The number of hydrogen-bond donors (Lipinski definition) is 1. The topological polar surface area (TPSA) is 105 Å². The molecule has 1 saturated heterocycles. The molecule has 2 aromatic rings. The lowest BCUT2D eigenvalue weighted by atomic mass is 10.2. The maximum absolute atomic E-state index is 12.4. The van der Waals surface area contributed by atoms with Crippen LogP contribution in [0.1, 0.15) is 16.8 Å². The van der Waals surface area contributed by atoms with Gasteiger partial charge in [-0.15, -0.1) is 0 Å². The highest BCUT2D eigenvalue weighted by molar-refractivity contribution is 6.04. The molecule has 1 aliphatic rings. The van der Waals surface area contributed by atoms with Crippen molar-refractivity contribution in [1.29, 1.82) is 0 Å². The van der Waals surface area contributed by atoms with Crippen molar-refractivity contribution in [3.05, 3.63) is 48.3 Å². The molecule has 1 N–H and O–H groups in total. The highest BCUT2D eigenvalue weighted by atomic mass is 16.5. The number of hydrogen-bond acceptors (Lipinski definition) is 7. The number of benzene rings is 1. The molecule has 9 nitrogen and oxygen atoms in total. The van der Waals surface area contributed by atoms with Crippen molar-refractivity contribution in [1.82, 2.24) is 14.9 Å². The van der Waals surface area contributed by atoms with Crippen LogP contribution in [-0.2, 0) is 14.3 Å². The standard InChI is InChI=1S/C19H21N5O4/c1-28-18(27)14-4-2-5-15(12-14)22-16(25)13-17(26)23-8-10-24(11-9-23)19-20-6-3-7-21-19/h2-7,12H,8-11,13H2,1H3,(H,22,25). The second-order valence-electron chi connectivity index (χ2n) is 6.21. The van der Waals surface area contributed by atoms with Gasteiger partial charge in [-0.3, -0.25) is 9.59 Å². The Bertz CT molecular complexity index is 850. The molecule has 9 heteroatoms. The number of aromatic nitrogens is 2. The van der Waals surface area contributed by atoms with Crippen LogP contribution in [0, 0.1) is 0 Å². The Labute approximate surface area is 162 Å². The average Bonchev–Trinajstić information content (AvgIpc) is 2.74. The second kappa shape index (κ2) is 8.94. The number of anilines is 2. The SMILES string of the molecule is COC(=O)c1cccc(NC(=O)CC(=O)N2CCN(c3ncccn3)CC2)c1. The lowest BCUT2D eigenvalue weighted by Gasteiger charge is -2.34. The van der Waals surface area contributed by atoms with Crippen molar-refractivity contribution in [2.75, 3.05) is 43.5 Å². The Morgan fingerprint density at radius 1 is 1.07 bits per heavy atom. The van der Waals surface area contributed by atoms with E-state index in [4.69, 9.17) is 0 Å².